The first-order chi connectivity index (χ1) is 18.3. The SMILES string of the molecule is O=C(O)Cc1ccccc1OCCOc1ccc(N(c2cc(S(=O)(=O)c3ccccc3)cs2)S(=O)[O-])cc1. The fourth-order valence-electron chi connectivity index (χ4n) is 3.52. The van der Waals surface area contributed by atoms with Crippen LogP contribution in [0.5, 0.6) is 11.5 Å². The summed E-state index contributed by atoms with van der Waals surface area (Å²) >= 11 is -1.71. The number of aliphatic carboxylic acids is 1. The Balaban J connectivity index is 1.40. The fraction of sp³-hybridized carbons (Fsp3) is 0.115. The first-order valence-electron chi connectivity index (χ1n) is 11.2. The van der Waals surface area contributed by atoms with E-state index < -0.39 is 27.1 Å². The Morgan fingerprint density at radius 3 is 2.26 bits per heavy atom. The largest absolute Gasteiger partial charge is 0.755 e. The van der Waals surface area contributed by atoms with Crippen LogP contribution in [0.1, 0.15) is 5.56 Å². The maximum Gasteiger partial charge on any atom is 0.307 e. The molecule has 0 aliphatic heterocycles. The first-order valence-corrected chi connectivity index (χ1v) is 14.6. The number of carboxylic acid groups (broad SMARTS) is 1. The van der Waals surface area contributed by atoms with Crippen LogP contribution in [0.3, 0.4) is 0 Å². The Labute approximate surface area is 226 Å². The Morgan fingerprint density at radius 1 is 0.921 bits per heavy atom. The van der Waals surface area contributed by atoms with Gasteiger partial charge >= 0.3 is 5.97 Å². The number of hydrogen-bond acceptors (Lipinski definition) is 8. The summed E-state index contributed by atoms with van der Waals surface area (Å²) in [5.74, 6) is -0.0274. The number of anilines is 2. The molecule has 0 aliphatic carbocycles. The highest BCUT2D eigenvalue weighted by atomic mass is 32.2. The van der Waals surface area contributed by atoms with Crippen LogP contribution in [0.2, 0.25) is 0 Å². The summed E-state index contributed by atoms with van der Waals surface area (Å²) in [4.78, 5) is 11.1. The van der Waals surface area contributed by atoms with E-state index in [-0.39, 0.29) is 34.4 Å². The molecule has 3 aromatic carbocycles. The Bertz CT molecular complexity index is 1520. The zero-order chi connectivity index (χ0) is 27.1. The van der Waals surface area contributed by atoms with E-state index in [9.17, 15) is 22.0 Å². The molecule has 12 heteroatoms. The highest BCUT2D eigenvalue weighted by molar-refractivity contribution is 7.91. The molecule has 198 valence electrons. The molecule has 0 saturated heterocycles. The number of ether oxygens (including phenoxy) is 2. The second-order valence-electron chi connectivity index (χ2n) is 7.82. The van der Waals surface area contributed by atoms with Gasteiger partial charge in [0, 0.05) is 10.9 Å². The molecule has 1 N–H and O–H groups in total. The van der Waals surface area contributed by atoms with Gasteiger partial charge in [0.2, 0.25) is 9.84 Å². The monoisotopic (exact) mass is 572 g/mol. The first kappa shape index (κ1) is 27.3. The molecule has 0 amide bonds. The third kappa shape index (κ3) is 6.58. The Kier molecular flexibility index (Phi) is 8.79. The molecule has 0 saturated carbocycles. The highest BCUT2D eigenvalue weighted by Gasteiger charge is 2.22. The van der Waals surface area contributed by atoms with Gasteiger partial charge in [-0.2, -0.15) is 0 Å². The van der Waals surface area contributed by atoms with E-state index in [0.29, 0.717) is 22.7 Å². The molecular weight excluding hydrogens is 550 g/mol. The van der Waals surface area contributed by atoms with E-state index in [1.807, 2.05) is 0 Å². The molecule has 4 aromatic rings. The highest BCUT2D eigenvalue weighted by Crippen LogP contribution is 2.36. The van der Waals surface area contributed by atoms with Crippen LogP contribution in [-0.2, 0) is 32.3 Å². The minimum atomic E-state index is -3.79. The average molecular weight is 573 g/mol. The second-order valence-corrected chi connectivity index (χ2v) is 11.5. The van der Waals surface area contributed by atoms with Gasteiger partial charge in [0.1, 0.15) is 29.7 Å². The maximum atomic E-state index is 12.9. The lowest BCUT2D eigenvalue weighted by Gasteiger charge is -2.24. The second kappa shape index (κ2) is 12.2. The molecule has 1 aromatic heterocycles. The van der Waals surface area contributed by atoms with Crippen molar-refractivity contribution in [3.05, 3.63) is 95.9 Å². The van der Waals surface area contributed by atoms with Crippen molar-refractivity contribution in [2.24, 2.45) is 0 Å². The normalized spacial score (nSPS) is 12.0. The van der Waals surface area contributed by atoms with Gasteiger partial charge in [0.15, 0.2) is 0 Å². The maximum absolute atomic E-state index is 12.9. The van der Waals surface area contributed by atoms with E-state index in [0.717, 1.165) is 15.6 Å². The molecule has 1 atom stereocenters. The van der Waals surface area contributed by atoms with E-state index in [4.69, 9.17) is 14.6 Å². The molecule has 1 heterocycles. The van der Waals surface area contributed by atoms with Crippen LogP contribution < -0.4 is 13.8 Å². The Morgan fingerprint density at radius 2 is 1.58 bits per heavy atom. The molecule has 4 rings (SSSR count). The molecular formula is C26H22NO8S3-. The van der Waals surface area contributed by atoms with E-state index in [2.05, 4.69) is 0 Å². The van der Waals surface area contributed by atoms with Crippen LogP contribution >= 0.6 is 11.3 Å². The number of rotatable bonds is 12. The van der Waals surface area contributed by atoms with E-state index in [1.165, 1.54) is 23.6 Å². The van der Waals surface area contributed by atoms with E-state index in [1.54, 1.807) is 66.7 Å². The van der Waals surface area contributed by atoms with Crippen molar-refractivity contribution < 1.29 is 36.6 Å². The number of sulfone groups is 1. The third-order valence-corrected chi connectivity index (χ3v) is 8.90. The summed E-state index contributed by atoms with van der Waals surface area (Å²) in [5.41, 5.74) is 0.860. The third-order valence-electron chi connectivity index (χ3n) is 5.27. The van der Waals surface area contributed by atoms with Gasteiger partial charge in [-0.1, -0.05) is 36.4 Å². The summed E-state index contributed by atoms with van der Waals surface area (Å²) in [6.45, 7) is 0.340. The number of carboxylic acids is 1. The zero-order valence-corrected chi connectivity index (χ0v) is 22.2. The molecule has 0 fully saturated rings. The van der Waals surface area contributed by atoms with Gasteiger partial charge < -0.3 is 19.1 Å². The zero-order valence-electron chi connectivity index (χ0n) is 19.8. The number of benzene rings is 3. The van der Waals surface area contributed by atoms with Crippen molar-refractivity contribution in [2.45, 2.75) is 16.2 Å². The van der Waals surface area contributed by atoms with Gasteiger partial charge in [-0.25, -0.2) is 8.42 Å². The van der Waals surface area contributed by atoms with Crippen LogP contribution in [-0.4, -0.2) is 41.5 Å². The summed E-state index contributed by atoms with van der Waals surface area (Å²) in [7, 11) is -3.79. The number of para-hydroxylation sites is 1. The number of carbonyl (C=O) groups is 1. The lowest BCUT2D eigenvalue weighted by Crippen LogP contribution is -2.18. The van der Waals surface area contributed by atoms with Crippen LogP contribution in [0.15, 0.2) is 100 Å². The van der Waals surface area contributed by atoms with Gasteiger partial charge in [-0.15, -0.1) is 11.3 Å². The summed E-state index contributed by atoms with van der Waals surface area (Å²) < 4.78 is 62.2. The summed E-state index contributed by atoms with van der Waals surface area (Å²) in [5, 5.41) is 10.6. The number of nitrogens with zero attached hydrogens (tertiary/aromatic N) is 1. The average Bonchev–Trinajstić information content (AvgIpc) is 3.39. The van der Waals surface area contributed by atoms with Crippen molar-refractivity contribution in [3.63, 3.8) is 0 Å². The van der Waals surface area contributed by atoms with Crippen molar-refractivity contribution in [3.8, 4) is 11.5 Å². The van der Waals surface area contributed by atoms with Gasteiger partial charge in [0.25, 0.3) is 0 Å². The molecule has 0 radical (unpaired) electrons. The molecule has 0 aliphatic rings. The Hall–Kier alpha value is -3.71. The van der Waals surface area contributed by atoms with Crippen molar-refractivity contribution in [1.29, 1.82) is 0 Å². The quantitative estimate of drug-likeness (QED) is 0.192. The minimum absolute atomic E-state index is 0.00373. The lowest BCUT2D eigenvalue weighted by atomic mass is 10.1. The fourth-order valence-corrected chi connectivity index (χ4v) is 6.81. The van der Waals surface area contributed by atoms with Gasteiger partial charge in [0.05, 0.1) is 33.2 Å². The van der Waals surface area contributed by atoms with Crippen molar-refractivity contribution in [2.75, 3.05) is 17.5 Å². The smallest absolute Gasteiger partial charge is 0.307 e. The predicted octanol–water partition coefficient (Wildman–Crippen LogP) is 4.60. The van der Waals surface area contributed by atoms with Crippen molar-refractivity contribution >= 4 is 49.1 Å². The van der Waals surface area contributed by atoms with Gasteiger partial charge in [-0.3, -0.25) is 13.3 Å². The van der Waals surface area contributed by atoms with Crippen LogP contribution in [0.4, 0.5) is 10.7 Å². The van der Waals surface area contributed by atoms with Crippen LogP contribution in [0, 0.1) is 0 Å². The molecule has 0 bridgehead atoms. The van der Waals surface area contributed by atoms with Crippen LogP contribution in [0.25, 0.3) is 0 Å². The molecule has 38 heavy (non-hydrogen) atoms. The van der Waals surface area contributed by atoms with E-state index >= 15 is 0 Å². The number of thiophene rings is 1. The summed E-state index contributed by atoms with van der Waals surface area (Å²) in [6, 6.07) is 22.3. The van der Waals surface area contributed by atoms with Gasteiger partial charge in [-0.05, 0) is 48.5 Å². The topological polar surface area (TPSA) is 133 Å². The number of hydrogen-bond donors (Lipinski definition) is 1. The molecule has 0 spiro atoms. The minimum Gasteiger partial charge on any atom is -0.755 e. The lowest BCUT2D eigenvalue weighted by molar-refractivity contribution is -0.136. The standard InChI is InChI=1S/C26H23NO8S3/c28-26(29)16-19-6-4-5-9-24(19)35-15-14-34-21-12-10-20(11-13-21)27(37(30)31)25-17-23(18-36-25)38(32,33)22-7-2-1-3-8-22/h1-13,17-18H,14-16H2,(H,28,29)(H,30,31)/p-1. The van der Waals surface area contributed by atoms with Crippen molar-refractivity contribution in [1.82, 2.24) is 0 Å². The molecule has 9 nitrogen and oxygen atoms in total. The summed E-state index contributed by atoms with van der Waals surface area (Å²) in [6.07, 6.45) is -0.153. The predicted molar refractivity (Wildman–Crippen MR) is 142 cm³/mol. The molecule has 1 unspecified atom stereocenters.